The third-order valence-electron chi connectivity index (χ3n) is 1.88. The highest BCUT2D eigenvalue weighted by atomic mass is 32.2. The number of halogens is 2. The summed E-state index contributed by atoms with van der Waals surface area (Å²) in [5.41, 5.74) is 0.909. The number of hydrogen-bond acceptors (Lipinski definition) is 3. The largest absolute Gasteiger partial charge is 0.296 e. The number of benzene rings is 1. The average Bonchev–Trinajstić information content (AvgIpc) is 2.17. The minimum atomic E-state index is -3.91. The fourth-order valence-electron chi connectivity index (χ4n) is 1.02. The lowest BCUT2D eigenvalue weighted by molar-refractivity contribution is 0.116. The van der Waals surface area contributed by atoms with Gasteiger partial charge < -0.3 is 0 Å². The van der Waals surface area contributed by atoms with Gasteiger partial charge in [0.25, 0.3) is 10.1 Å². The van der Waals surface area contributed by atoms with Gasteiger partial charge in [0.15, 0.2) is 0 Å². The Balaban J connectivity index is 2.67. The molecule has 0 bridgehead atoms. The van der Waals surface area contributed by atoms with Crippen LogP contribution in [0.3, 0.4) is 0 Å². The zero-order chi connectivity index (χ0) is 12.2. The average molecular weight is 250 g/mol. The van der Waals surface area contributed by atoms with Crippen LogP contribution in [0.4, 0.5) is 8.78 Å². The molecule has 0 radical (unpaired) electrons. The van der Waals surface area contributed by atoms with Gasteiger partial charge >= 0.3 is 0 Å². The molecule has 0 aromatic heterocycles. The van der Waals surface area contributed by atoms with Gasteiger partial charge in [-0.25, -0.2) is 8.78 Å². The fourth-order valence-corrected chi connectivity index (χ4v) is 1.94. The van der Waals surface area contributed by atoms with E-state index in [0.29, 0.717) is 0 Å². The Bertz CT molecular complexity index is 426. The maximum atomic E-state index is 11.8. The van der Waals surface area contributed by atoms with Crippen LogP contribution < -0.4 is 0 Å². The molecule has 0 aliphatic carbocycles. The van der Waals surface area contributed by atoms with E-state index in [1.165, 1.54) is 12.1 Å². The van der Waals surface area contributed by atoms with E-state index >= 15 is 0 Å². The monoisotopic (exact) mass is 250 g/mol. The van der Waals surface area contributed by atoms with Crippen molar-refractivity contribution >= 4 is 10.1 Å². The molecule has 0 heterocycles. The van der Waals surface area contributed by atoms with Crippen molar-refractivity contribution in [3.63, 3.8) is 0 Å². The summed E-state index contributed by atoms with van der Waals surface area (Å²) in [4.78, 5) is -0.0210. The number of hydrogen-bond donors (Lipinski definition) is 0. The summed E-state index contributed by atoms with van der Waals surface area (Å²) in [6.45, 7) is 1.31. The summed E-state index contributed by atoms with van der Waals surface area (Å²) in [6.07, 6.45) is -3.15. The van der Waals surface area contributed by atoms with Crippen LogP contribution in [0.15, 0.2) is 29.2 Å². The first-order valence-electron chi connectivity index (χ1n) is 4.66. The molecule has 6 heteroatoms. The summed E-state index contributed by atoms with van der Waals surface area (Å²) >= 11 is 0. The molecule has 0 N–H and O–H groups in total. The van der Waals surface area contributed by atoms with Crippen molar-refractivity contribution in [2.75, 3.05) is 6.61 Å². The number of alkyl halides is 2. The Hall–Kier alpha value is -1.01. The van der Waals surface area contributed by atoms with Gasteiger partial charge in [-0.05, 0) is 19.1 Å². The SMILES string of the molecule is Cc1ccc(S(=O)(=O)OCCC(F)F)cc1. The molecule has 0 saturated carbocycles. The van der Waals surface area contributed by atoms with Gasteiger partial charge in [0.1, 0.15) is 0 Å². The maximum absolute atomic E-state index is 11.8. The van der Waals surface area contributed by atoms with Crippen molar-refractivity contribution in [2.45, 2.75) is 24.7 Å². The Morgan fingerprint density at radius 2 is 1.81 bits per heavy atom. The van der Waals surface area contributed by atoms with E-state index in [0.717, 1.165) is 5.56 Å². The van der Waals surface area contributed by atoms with E-state index in [1.54, 1.807) is 12.1 Å². The topological polar surface area (TPSA) is 43.4 Å². The summed E-state index contributed by atoms with van der Waals surface area (Å²) in [5.74, 6) is 0. The predicted octanol–water partition coefficient (Wildman–Crippen LogP) is 2.36. The van der Waals surface area contributed by atoms with Gasteiger partial charge in [0.2, 0.25) is 6.43 Å². The minimum Gasteiger partial charge on any atom is -0.266 e. The molecule has 0 spiro atoms. The second-order valence-corrected chi connectivity index (χ2v) is 4.88. The lowest BCUT2D eigenvalue weighted by atomic mass is 10.2. The normalized spacial score (nSPS) is 12.0. The summed E-state index contributed by atoms with van der Waals surface area (Å²) < 4.78 is 51.0. The molecule has 1 rings (SSSR count). The molecule has 0 unspecified atom stereocenters. The van der Waals surface area contributed by atoms with E-state index in [4.69, 9.17) is 0 Å². The molecule has 0 atom stereocenters. The molecule has 0 aliphatic heterocycles. The second kappa shape index (κ2) is 5.36. The fraction of sp³-hybridized carbons (Fsp3) is 0.400. The van der Waals surface area contributed by atoms with Gasteiger partial charge in [-0.2, -0.15) is 8.42 Å². The standard InChI is InChI=1S/C10H12F2O3S/c1-8-2-4-9(5-3-8)16(13,14)15-7-6-10(11)12/h2-5,10H,6-7H2,1H3. The molecule has 0 amide bonds. The maximum Gasteiger partial charge on any atom is 0.296 e. The van der Waals surface area contributed by atoms with E-state index in [-0.39, 0.29) is 4.90 Å². The second-order valence-electron chi connectivity index (χ2n) is 3.27. The molecular formula is C10H12F2O3S. The molecule has 90 valence electrons. The molecule has 3 nitrogen and oxygen atoms in total. The smallest absolute Gasteiger partial charge is 0.266 e. The van der Waals surface area contributed by atoms with Gasteiger partial charge in [-0.15, -0.1) is 0 Å². The van der Waals surface area contributed by atoms with Crippen LogP contribution in [0.5, 0.6) is 0 Å². The lowest BCUT2D eigenvalue weighted by Crippen LogP contribution is -2.09. The van der Waals surface area contributed by atoms with Crippen LogP contribution in [0.1, 0.15) is 12.0 Å². The number of rotatable bonds is 5. The molecule has 1 aromatic rings. The van der Waals surface area contributed by atoms with Gasteiger partial charge in [0.05, 0.1) is 11.5 Å². The van der Waals surface area contributed by atoms with Gasteiger partial charge in [0, 0.05) is 6.42 Å². The third kappa shape index (κ3) is 3.86. The highest BCUT2D eigenvalue weighted by Crippen LogP contribution is 2.14. The summed E-state index contributed by atoms with van der Waals surface area (Å²) in [7, 11) is -3.91. The summed E-state index contributed by atoms with van der Waals surface area (Å²) in [6, 6.07) is 5.99. The first kappa shape index (κ1) is 13.1. The van der Waals surface area contributed by atoms with Crippen molar-refractivity contribution in [3.05, 3.63) is 29.8 Å². The van der Waals surface area contributed by atoms with Crippen LogP contribution in [-0.4, -0.2) is 21.5 Å². The van der Waals surface area contributed by atoms with E-state index in [2.05, 4.69) is 4.18 Å². The zero-order valence-electron chi connectivity index (χ0n) is 8.69. The van der Waals surface area contributed by atoms with Crippen LogP contribution in [0.2, 0.25) is 0 Å². The molecule has 16 heavy (non-hydrogen) atoms. The van der Waals surface area contributed by atoms with E-state index < -0.39 is 29.6 Å². The van der Waals surface area contributed by atoms with Crippen LogP contribution >= 0.6 is 0 Å². The highest BCUT2D eigenvalue weighted by Gasteiger charge is 2.15. The van der Waals surface area contributed by atoms with Gasteiger partial charge in [-0.1, -0.05) is 17.7 Å². The Kier molecular flexibility index (Phi) is 4.37. The Morgan fingerprint density at radius 1 is 1.25 bits per heavy atom. The highest BCUT2D eigenvalue weighted by molar-refractivity contribution is 7.86. The first-order chi connectivity index (χ1) is 7.42. The van der Waals surface area contributed by atoms with Crippen LogP contribution in [0.25, 0.3) is 0 Å². The molecular weight excluding hydrogens is 238 g/mol. The Labute approximate surface area is 93.2 Å². The molecule has 0 saturated heterocycles. The van der Waals surface area contributed by atoms with Crippen LogP contribution in [0, 0.1) is 6.92 Å². The quantitative estimate of drug-likeness (QED) is 0.753. The molecule has 0 fully saturated rings. The number of aryl methyl sites for hydroxylation is 1. The van der Waals surface area contributed by atoms with Crippen molar-refractivity contribution < 1.29 is 21.4 Å². The van der Waals surface area contributed by atoms with Crippen molar-refractivity contribution in [1.82, 2.24) is 0 Å². The predicted molar refractivity (Wildman–Crippen MR) is 54.9 cm³/mol. The lowest BCUT2D eigenvalue weighted by Gasteiger charge is -2.05. The van der Waals surface area contributed by atoms with E-state index in [1.807, 2.05) is 6.92 Å². The van der Waals surface area contributed by atoms with Crippen molar-refractivity contribution in [1.29, 1.82) is 0 Å². The summed E-state index contributed by atoms with van der Waals surface area (Å²) in [5, 5.41) is 0. The molecule has 1 aromatic carbocycles. The zero-order valence-corrected chi connectivity index (χ0v) is 9.51. The minimum absolute atomic E-state index is 0.0210. The van der Waals surface area contributed by atoms with Crippen molar-refractivity contribution in [2.24, 2.45) is 0 Å². The first-order valence-corrected chi connectivity index (χ1v) is 6.07. The molecule has 0 aliphatic rings. The third-order valence-corrected chi connectivity index (χ3v) is 3.21. The van der Waals surface area contributed by atoms with E-state index in [9.17, 15) is 17.2 Å². The van der Waals surface area contributed by atoms with Crippen molar-refractivity contribution in [3.8, 4) is 0 Å². The Morgan fingerprint density at radius 3 is 2.31 bits per heavy atom. The van der Waals surface area contributed by atoms with Crippen LogP contribution in [-0.2, 0) is 14.3 Å². The van der Waals surface area contributed by atoms with Gasteiger partial charge in [-0.3, -0.25) is 4.18 Å².